The summed E-state index contributed by atoms with van der Waals surface area (Å²) in [7, 11) is 1.83. The van der Waals surface area contributed by atoms with Crippen molar-refractivity contribution in [3.05, 3.63) is 30.3 Å². The predicted molar refractivity (Wildman–Crippen MR) is 77.5 cm³/mol. The van der Waals surface area contributed by atoms with Gasteiger partial charge in [0.25, 0.3) is 0 Å². The molecule has 0 radical (unpaired) electrons. The molecular weight excluding hydrogens is 254 g/mol. The van der Waals surface area contributed by atoms with Crippen LogP contribution in [-0.4, -0.2) is 29.1 Å². The number of nitrogens with two attached hydrogens (primary N) is 1. The average Bonchev–Trinajstić information content (AvgIpc) is 2.81. The number of aromatic nitrogens is 2. The third-order valence-corrected chi connectivity index (χ3v) is 3.49. The zero-order valence-electron chi connectivity index (χ0n) is 11.6. The fourth-order valence-electron chi connectivity index (χ4n) is 2.32. The van der Waals surface area contributed by atoms with Gasteiger partial charge >= 0.3 is 0 Å². The largest absolute Gasteiger partial charge is 0.488 e. The third kappa shape index (κ3) is 2.77. The zero-order chi connectivity index (χ0) is 13.9. The molecule has 2 heterocycles. The Bertz CT molecular complexity index is 552. The van der Waals surface area contributed by atoms with Gasteiger partial charge in [-0.15, -0.1) is 0 Å². The highest BCUT2D eigenvalue weighted by Gasteiger charge is 2.15. The van der Waals surface area contributed by atoms with Gasteiger partial charge in [-0.1, -0.05) is 0 Å². The van der Waals surface area contributed by atoms with Crippen LogP contribution < -0.4 is 10.5 Å². The summed E-state index contributed by atoms with van der Waals surface area (Å²) in [4.78, 5) is 0. The molecule has 5 nitrogen and oxygen atoms in total. The molecule has 1 atom stereocenters. The molecule has 0 bridgehead atoms. The van der Waals surface area contributed by atoms with Gasteiger partial charge in [0.05, 0.1) is 12.3 Å². The van der Waals surface area contributed by atoms with Gasteiger partial charge < -0.3 is 15.2 Å². The lowest BCUT2D eigenvalue weighted by atomic mass is 10.1. The molecule has 1 saturated heterocycles. The predicted octanol–water partition coefficient (Wildman–Crippen LogP) is 2.23. The van der Waals surface area contributed by atoms with E-state index in [0.29, 0.717) is 12.4 Å². The van der Waals surface area contributed by atoms with E-state index in [-0.39, 0.29) is 6.10 Å². The summed E-state index contributed by atoms with van der Waals surface area (Å²) in [5.74, 6) is 1.52. The number of hydrogen-bond donors (Lipinski definition) is 1. The van der Waals surface area contributed by atoms with Gasteiger partial charge in [0, 0.05) is 25.3 Å². The van der Waals surface area contributed by atoms with E-state index in [4.69, 9.17) is 15.2 Å². The van der Waals surface area contributed by atoms with Crippen molar-refractivity contribution in [1.29, 1.82) is 0 Å². The van der Waals surface area contributed by atoms with E-state index >= 15 is 0 Å². The van der Waals surface area contributed by atoms with Crippen LogP contribution in [0.15, 0.2) is 30.3 Å². The Labute approximate surface area is 118 Å². The molecule has 2 N–H and O–H groups in total. The van der Waals surface area contributed by atoms with Crippen LogP contribution in [-0.2, 0) is 11.8 Å². The first-order valence-corrected chi connectivity index (χ1v) is 6.87. The van der Waals surface area contributed by atoms with E-state index in [1.54, 1.807) is 4.68 Å². The topological polar surface area (TPSA) is 62.3 Å². The lowest BCUT2D eigenvalue weighted by Crippen LogP contribution is -2.27. The number of nitrogen functional groups attached to an aromatic ring is 1. The van der Waals surface area contributed by atoms with Crippen LogP contribution in [0.1, 0.15) is 12.8 Å². The molecule has 106 valence electrons. The second-order valence-corrected chi connectivity index (χ2v) is 5.06. The fourth-order valence-corrected chi connectivity index (χ4v) is 2.32. The molecule has 1 aliphatic heterocycles. The zero-order valence-corrected chi connectivity index (χ0v) is 11.6. The molecule has 5 heteroatoms. The number of hydrogen-bond acceptors (Lipinski definition) is 4. The molecule has 1 aromatic heterocycles. The SMILES string of the molecule is Cn1nc(-c2ccc(OC3CCCOC3)cc2)cc1N. The highest BCUT2D eigenvalue weighted by molar-refractivity contribution is 5.63. The van der Waals surface area contributed by atoms with Gasteiger partial charge in [-0.3, -0.25) is 4.68 Å². The summed E-state index contributed by atoms with van der Waals surface area (Å²) in [6.07, 6.45) is 2.29. The second kappa shape index (κ2) is 5.54. The number of aryl methyl sites for hydroxylation is 1. The Hall–Kier alpha value is -2.01. The van der Waals surface area contributed by atoms with E-state index in [9.17, 15) is 0 Å². The van der Waals surface area contributed by atoms with Crippen LogP contribution in [0, 0.1) is 0 Å². The maximum atomic E-state index is 5.90. The Balaban J connectivity index is 1.70. The van der Waals surface area contributed by atoms with E-state index in [0.717, 1.165) is 36.5 Å². The number of ether oxygens (including phenoxy) is 2. The van der Waals surface area contributed by atoms with Crippen molar-refractivity contribution in [3.63, 3.8) is 0 Å². The van der Waals surface area contributed by atoms with Crippen molar-refractivity contribution >= 4 is 5.82 Å². The Morgan fingerprint density at radius 3 is 2.75 bits per heavy atom. The summed E-state index contributed by atoms with van der Waals surface area (Å²) in [5.41, 5.74) is 7.70. The van der Waals surface area contributed by atoms with Crippen molar-refractivity contribution in [2.75, 3.05) is 18.9 Å². The van der Waals surface area contributed by atoms with Gasteiger partial charge in [-0.05, 0) is 37.1 Å². The molecule has 0 amide bonds. The number of benzene rings is 1. The van der Waals surface area contributed by atoms with Gasteiger partial charge in [-0.25, -0.2) is 0 Å². The minimum absolute atomic E-state index is 0.167. The van der Waals surface area contributed by atoms with Crippen molar-refractivity contribution in [2.45, 2.75) is 18.9 Å². The molecule has 3 rings (SSSR count). The Morgan fingerprint density at radius 2 is 2.15 bits per heavy atom. The summed E-state index contributed by atoms with van der Waals surface area (Å²) >= 11 is 0. The van der Waals surface area contributed by atoms with E-state index < -0.39 is 0 Å². The minimum Gasteiger partial charge on any atom is -0.488 e. The standard InChI is InChI=1S/C15H19N3O2/c1-18-15(16)9-14(17-18)11-4-6-12(7-5-11)20-13-3-2-8-19-10-13/h4-7,9,13H,2-3,8,10,16H2,1H3. The highest BCUT2D eigenvalue weighted by atomic mass is 16.5. The monoisotopic (exact) mass is 273 g/mol. The molecular formula is C15H19N3O2. The summed E-state index contributed by atoms with van der Waals surface area (Å²) in [6, 6.07) is 9.80. The molecule has 0 spiro atoms. The lowest BCUT2D eigenvalue weighted by Gasteiger charge is -2.23. The summed E-state index contributed by atoms with van der Waals surface area (Å²) < 4.78 is 13.0. The first kappa shape index (κ1) is 13.0. The van der Waals surface area contributed by atoms with E-state index in [1.165, 1.54) is 0 Å². The first-order chi connectivity index (χ1) is 9.72. The molecule has 1 aromatic carbocycles. The van der Waals surface area contributed by atoms with Crippen LogP contribution in [0.3, 0.4) is 0 Å². The highest BCUT2D eigenvalue weighted by Crippen LogP contribution is 2.24. The van der Waals surface area contributed by atoms with Crippen LogP contribution in [0.25, 0.3) is 11.3 Å². The maximum Gasteiger partial charge on any atom is 0.122 e. The summed E-state index contributed by atoms with van der Waals surface area (Å²) in [6.45, 7) is 1.53. The molecule has 2 aromatic rings. The molecule has 1 unspecified atom stereocenters. The van der Waals surface area contributed by atoms with Crippen molar-refractivity contribution < 1.29 is 9.47 Å². The smallest absolute Gasteiger partial charge is 0.122 e. The maximum absolute atomic E-state index is 5.90. The number of nitrogens with zero attached hydrogens (tertiary/aromatic N) is 2. The van der Waals surface area contributed by atoms with Crippen molar-refractivity contribution in [3.8, 4) is 17.0 Å². The fraction of sp³-hybridized carbons (Fsp3) is 0.400. The first-order valence-electron chi connectivity index (χ1n) is 6.87. The number of anilines is 1. The van der Waals surface area contributed by atoms with Crippen molar-refractivity contribution in [2.24, 2.45) is 7.05 Å². The summed E-state index contributed by atoms with van der Waals surface area (Å²) in [5, 5.41) is 4.36. The van der Waals surface area contributed by atoms with Crippen LogP contribution >= 0.6 is 0 Å². The quantitative estimate of drug-likeness (QED) is 0.931. The van der Waals surface area contributed by atoms with E-state index in [2.05, 4.69) is 5.10 Å². The lowest BCUT2D eigenvalue weighted by molar-refractivity contribution is 0.00744. The van der Waals surface area contributed by atoms with Crippen LogP contribution in [0.4, 0.5) is 5.82 Å². The average molecular weight is 273 g/mol. The van der Waals surface area contributed by atoms with E-state index in [1.807, 2.05) is 37.4 Å². The second-order valence-electron chi connectivity index (χ2n) is 5.06. The minimum atomic E-state index is 0.167. The molecule has 0 saturated carbocycles. The Kier molecular flexibility index (Phi) is 3.60. The van der Waals surface area contributed by atoms with Gasteiger partial charge in [0.1, 0.15) is 17.7 Å². The molecule has 1 aliphatic rings. The third-order valence-electron chi connectivity index (χ3n) is 3.49. The molecule has 20 heavy (non-hydrogen) atoms. The normalized spacial score (nSPS) is 18.9. The Morgan fingerprint density at radius 1 is 1.35 bits per heavy atom. The van der Waals surface area contributed by atoms with Gasteiger partial charge in [0.15, 0.2) is 0 Å². The molecule has 1 fully saturated rings. The number of rotatable bonds is 3. The van der Waals surface area contributed by atoms with Crippen molar-refractivity contribution in [1.82, 2.24) is 9.78 Å². The molecule has 0 aliphatic carbocycles. The van der Waals surface area contributed by atoms with Crippen LogP contribution in [0.2, 0.25) is 0 Å². The van der Waals surface area contributed by atoms with Crippen LogP contribution in [0.5, 0.6) is 5.75 Å². The van der Waals surface area contributed by atoms with Gasteiger partial charge in [0.2, 0.25) is 0 Å². The van der Waals surface area contributed by atoms with Gasteiger partial charge in [-0.2, -0.15) is 5.10 Å².